The number of hydrogen-bond acceptors (Lipinski definition) is 9. The molecule has 39 heavy (non-hydrogen) atoms. The fraction of sp³-hybridized carbons (Fsp3) is 0.111. The van der Waals surface area contributed by atoms with Gasteiger partial charge in [0.15, 0.2) is 17.2 Å². The van der Waals surface area contributed by atoms with Crippen molar-refractivity contribution >= 4 is 40.6 Å². The number of rotatable bonds is 8. The van der Waals surface area contributed by atoms with Crippen LogP contribution >= 0.6 is 11.5 Å². The Morgan fingerprint density at radius 2 is 1.74 bits per heavy atom. The zero-order chi connectivity index (χ0) is 27.5. The Hall–Kier alpha value is -5.10. The lowest BCUT2D eigenvalue weighted by atomic mass is 10.0. The molecule has 3 amide bonds. The highest BCUT2D eigenvalue weighted by Gasteiger charge is 2.36. The van der Waals surface area contributed by atoms with E-state index in [-0.39, 0.29) is 35.3 Å². The minimum absolute atomic E-state index is 0.00937. The minimum atomic E-state index is -1.22. The van der Waals surface area contributed by atoms with Crippen molar-refractivity contribution in [1.82, 2.24) is 9.69 Å². The zero-order valence-corrected chi connectivity index (χ0v) is 21.2. The number of aromatic hydroxyl groups is 1. The standard InChI is InChI=1S/C27H23N5O6S/c28-21-22(25(29)34)31-39-24(21)27(36)32(17-8-11-19-20(12-17)38-14-37-19)23(16-6-9-18(33)10-7-16)26(35)30-13-15-4-2-1-3-5-15/h1-12,23,33H,13-14,28H2,(H2,29,34)(H,30,35)/t23-/m1/s1. The van der Waals surface area contributed by atoms with Crippen molar-refractivity contribution < 1.29 is 29.0 Å². The average Bonchev–Trinajstić information content (AvgIpc) is 3.57. The van der Waals surface area contributed by atoms with Gasteiger partial charge in [0.05, 0.1) is 5.69 Å². The third kappa shape index (κ3) is 5.18. The van der Waals surface area contributed by atoms with E-state index in [1.807, 2.05) is 30.3 Å². The van der Waals surface area contributed by atoms with Gasteiger partial charge in [-0.15, -0.1) is 0 Å². The first-order valence-electron chi connectivity index (χ1n) is 11.7. The van der Waals surface area contributed by atoms with Crippen LogP contribution in [0.15, 0.2) is 72.8 Å². The van der Waals surface area contributed by atoms with Gasteiger partial charge in [-0.05, 0) is 46.9 Å². The van der Waals surface area contributed by atoms with Gasteiger partial charge in [-0.1, -0.05) is 42.5 Å². The number of phenolic OH excluding ortho intramolecular Hbond substituents is 1. The van der Waals surface area contributed by atoms with Gasteiger partial charge < -0.3 is 31.4 Å². The molecule has 5 rings (SSSR count). The minimum Gasteiger partial charge on any atom is -0.508 e. The summed E-state index contributed by atoms with van der Waals surface area (Å²) in [6, 6.07) is 18.8. The van der Waals surface area contributed by atoms with Crippen molar-refractivity contribution in [3.63, 3.8) is 0 Å². The highest BCUT2D eigenvalue weighted by molar-refractivity contribution is 7.09. The lowest BCUT2D eigenvalue weighted by Crippen LogP contribution is -2.44. The summed E-state index contributed by atoms with van der Waals surface area (Å²) in [4.78, 5) is 40.9. The van der Waals surface area contributed by atoms with Crippen LogP contribution in [-0.4, -0.2) is 34.0 Å². The zero-order valence-electron chi connectivity index (χ0n) is 20.4. The smallest absolute Gasteiger partial charge is 0.273 e. The van der Waals surface area contributed by atoms with E-state index in [1.165, 1.54) is 17.0 Å². The predicted octanol–water partition coefficient (Wildman–Crippen LogP) is 2.96. The van der Waals surface area contributed by atoms with Crippen LogP contribution in [-0.2, 0) is 11.3 Å². The summed E-state index contributed by atoms with van der Waals surface area (Å²) in [5.74, 6) is -1.23. The summed E-state index contributed by atoms with van der Waals surface area (Å²) < 4.78 is 14.9. The van der Waals surface area contributed by atoms with Crippen LogP contribution in [0.3, 0.4) is 0 Å². The molecule has 1 atom stereocenters. The molecule has 0 saturated heterocycles. The van der Waals surface area contributed by atoms with E-state index >= 15 is 0 Å². The molecule has 0 saturated carbocycles. The van der Waals surface area contributed by atoms with Gasteiger partial charge in [-0.2, -0.15) is 4.37 Å². The number of aromatic nitrogens is 1. The second-order valence-corrected chi connectivity index (χ2v) is 9.32. The number of nitrogens with two attached hydrogens (primary N) is 2. The van der Waals surface area contributed by atoms with E-state index < -0.39 is 23.8 Å². The van der Waals surface area contributed by atoms with Crippen LogP contribution in [0.4, 0.5) is 11.4 Å². The van der Waals surface area contributed by atoms with E-state index in [4.69, 9.17) is 20.9 Å². The maximum atomic E-state index is 14.1. The number of carbonyl (C=O) groups is 3. The van der Waals surface area contributed by atoms with E-state index in [0.29, 0.717) is 34.3 Å². The van der Waals surface area contributed by atoms with Crippen LogP contribution < -0.4 is 31.2 Å². The molecule has 1 aromatic heterocycles. The SMILES string of the molecule is NC(=O)c1nsc(C(=O)N(c2ccc3c(c2)OCO3)[C@@H](C(=O)NCc2ccccc2)c2ccc(O)cc2)c1N. The quantitative estimate of drug-likeness (QED) is 0.262. The number of anilines is 2. The monoisotopic (exact) mass is 545 g/mol. The van der Waals surface area contributed by atoms with Crippen LogP contribution in [0.25, 0.3) is 0 Å². The number of nitrogens with zero attached hydrogens (tertiary/aromatic N) is 2. The normalized spacial score (nSPS) is 12.5. The van der Waals surface area contributed by atoms with Crippen molar-refractivity contribution in [3.8, 4) is 17.2 Å². The number of nitrogens with one attached hydrogen (secondary N) is 1. The van der Waals surface area contributed by atoms with E-state index in [0.717, 1.165) is 5.56 Å². The molecule has 0 unspecified atom stereocenters. The summed E-state index contributed by atoms with van der Waals surface area (Å²) in [6.07, 6.45) is 0. The number of ether oxygens (including phenoxy) is 2. The molecule has 0 fully saturated rings. The molecule has 198 valence electrons. The van der Waals surface area contributed by atoms with Crippen molar-refractivity contribution in [3.05, 3.63) is 94.5 Å². The molecule has 0 bridgehead atoms. The van der Waals surface area contributed by atoms with E-state index in [1.54, 1.807) is 30.3 Å². The first-order chi connectivity index (χ1) is 18.8. The molecule has 0 aliphatic carbocycles. The molecular weight excluding hydrogens is 522 g/mol. The predicted molar refractivity (Wildman–Crippen MR) is 144 cm³/mol. The molecule has 11 nitrogen and oxygen atoms in total. The topological polar surface area (TPSA) is 170 Å². The van der Waals surface area contributed by atoms with Crippen molar-refractivity contribution in [2.75, 3.05) is 17.4 Å². The highest BCUT2D eigenvalue weighted by atomic mass is 32.1. The van der Waals surface area contributed by atoms with E-state index in [9.17, 15) is 19.5 Å². The lowest BCUT2D eigenvalue weighted by Gasteiger charge is -2.31. The second-order valence-electron chi connectivity index (χ2n) is 8.55. The summed E-state index contributed by atoms with van der Waals surface area (Å²) in [5.41, 5.74) is 12.6. The number of fused-ring (bicyclic) bond motifs is 1. The first kappa shape index (κ1) is 25.5. The first-order valence-corrected chi connectivity index (χ1v) is 12.5. The van der Waals surface area contributed by atoms with Gasteiger partial charge in [0.2, 0.25) is 12.7 Å². The van der Waals surface area contributed by atoms with Gasteiger partial charge in [-0.3, -0.25) is 19.3 Å². The molecule has 12 heteroatoms. The van der Waals surface area contributed by atoms with Crippen molar-refractivity contribution in [2.45, 2.75) is 12.6 Å². The molecule has 2 heterocycles. The molecule has 1 aliphatic heterocycles. The third-order valence-electron chi connectivity index (χ3n) is 6.03. The molecule has 0 spiro atoms. The van der Waals surface area contributed by atoms with Gasteiger partial charge >= 0.3 is 0 Å². The second kappa shape index (κ2) is 10.7. The fourth-order valence-corrected chi connectivity index (χ4v) is 4.86. The van der Waals surface area contributed by atoms with Crippen molar-refractivity contribution in [1.29, 1.82) is 0 Å². The van der Waals surface area contributed by atoms with Gasteiger partial charge in [0, 0.05) is 18.3 Å². The molecule has 0 radical (unpaired) electrons. The van der Waals surface area contributed by atoms with Gasteiger partial charge in [0.25, 0.3) is 11.8 Å². The number of primary amides is 1. The Kier molecular flexibility index (Phi) is 7.02. The number of amides is 3. The Labute approximate surface area is 226 Å². The lowest BCUT2D eigenvalue weighted by molar-refractivity contribution is -0.122. The number of benzene rings is 3. The fourth-order valence-electron chi connectivity index (χ4n) is 4.11. The summed E-state index contributed by atoms with van der Waals surface area (Å²) in [7, 11) is 0. The molecule has 1 aliphatic rings. The largest absolute Gasteiger partial charge is 0.508 e. The summed E-state index contributed by atoms with van der Waals surface area (Å²) >= 11 is 0.703. The van der Waals surface area contributed by atoms with Crippen molar-refractivity contribution in [2.24, 2.45) is 5.73 Å². The van der Waals surface area contributed by atoms with Crippen LogP contribution in [0.2, 0.25) is 0 Å². The summed E-state index contributed by atoms with van der Waals surface area (Å²) in [5, 5.41) is 12.8. The van der Waals surface area contributed by atoms with Crippen LogP contribution in [0, 0.1) is 0 Å². The molecular formula is C27H23N5O6S. The maximum absolute atomic E-state index is 14.1. The number of carbonyl (C=O) groups excluding carboxylic acids is 3. The molecule has 3 aromatic carbocycles. The Morgan fingerprint density at radius 3 is 2.44 bits per heavy atom. The maximum Gasteiger partial charge on any atom is 0.273 e. The Bertz CT molecular complexity index is 1540. The molecule has 6 N–H and O–H groups in total. The van der Waals surface area contributed by atoms with E-state index in [2.05, 4.69) is 9.69 Å². The highest BCUT2D eigenvalue weighted by Crippen LogP contribution is 2.40. The number of nitrogen functional groups attached to an aromatic ring is 1. The Morgan fingerprint density at radius 1 is 1.03 bits per heavy atom. The third-order valence-corrected chi connectivity index (χ3v) is 6.88. The number of hydrogen-bond donors (Lipinski definition) is 4. The van der Waals surface area contributed by atoms with Crippen LogP contribution in [0.1, 0.15) is 37.3 Å². The summed E-state index contributed by atoms with van der Waals surface area (Å²) in [6.45, 7) is 0.210. The number of phenols is 1. The average molecular weight is 546 g/mol. The van der Waals surface area contributed by atoms with Crippen LogP contribution in [0.5, 0.6) is 17.2 Å². The van der Waals surface area contributed by atoms with Gasteiger partial charge in [-0.25, -0.2) is 0 Å². The van der Waals surface area contributed by atoms with Gasteiger partial charge in [0.1, 0.15) is 16.7 Å². The molecule has 4 aromatic rings. The Balaban J connectivity index is 1.62.